The van der Waals surface area contributed by atoms with Crippen LogP contribution in [-0.4, -0.2) is 9.55 Å². The van der Waals surface area contributed by atoms with Crippen molar-refractivity contribution in [2.24, 2.45) is 0 Å². The number of nitrogens with zero attached hydrogens (tertiary/aromatic N) is 2. The van der Waals surface area contributed by atoms with Gasteiger partial charge in [0.25, 0.3) is 0 Å². The second-order valence-electron chi connectivity index (χ2n) is 6.27. The van der Waals surface area contributed by atoms with Crippen molar-refractivity contribution < 1.29 is 0 Å². The first-order valence-electron chi connectivity index (χ1n) is 8.19. The molecule has 0 aliphatic heterocycles. The molecule has 3 rings (SSSR count). The number of pyridine rings is 1. The number of rotatable bonds is 3. The van der Waals surface area contributed by atoms with Crippen LogP contribution in [0.3, 0.4) is 0 Å². The summed E-state index contributed by atoms with van der Waals surface area (Å²) in [5.74, 6) is 0.382. The van der Waals surface area contributed by atoms with Gasteiger partial charge in [0.2, 0.25) is 0 Å². The molecular weight excluding hydrogens is 294 g/mol. The Bertz CT molecular complexity index is 1020. The molecule has 2 heterocycles. The summed E-state index contributed by atoms with van der Waals surface area (Å²) in [5.41, 5.74) is 10.4. The topological polar surface area (TPSA) is 43.8 Å². The quantitative estimate of drug-likeness (QED) is 0.752. The smallest absolute Gasteiger partial charge is 0.0712 e. The molecule has 2 aromatic heterocycles. The number of hydrogen-bond acceptors (Lipinski definition) is 2. The lowest BCUT2D eigenvalue weighted by molar-refractivity contribution is 0.868. The van der Waals surface area contributed by atoms with Crippen LogP contribution < -0.4 is 16.2 Å². The van der Waals surface area contributed by atoms with E-state index in [1.165, 1.54) is 5.56 Å². The highest BCUT2D eigenvalue weighted by atomic mass is 15.0. The third-order valence-electron chi connectivity index (χ3n) is 4.40. The molecule has 0 radical (unpaired) electrons. The predicted octanol–water partition coefficient (Wildman–Crippen LogP) is 3.49. The van der Waals surface area contributed by atoms with Crippen LogP contribution >= 0.6 is 0 Å². The first-order valence-corrected chi connectivity index (χ1v) is 8.19. The van der Waals surface area contributed by atoms with Crippen molar-refractivity contribution in [1.29, 1.82) is 0 Å². The molecule has 24 heavy (non-hydrogen) atoms. The summed E-state index contributed by atoms with van der Waals surface area (Å²) in [5, 5.41) is 3.29. The van der Waals surface area contributed by atoms with E-state index in [4.69, 9.17) is 5.73 Å². The zero-order chi connectivity index (χ0) is 17.3. The molecule has 0 aliphatic rings. The molecule has 0 fully saturated rings. The van der Waals surface area contributed by atoms with Gasteiger partial charge in [-0.15, -0.1) is 0 Å². The van der Waals surface area contributed by atoms with Gasteiger partial charge in [-0.1, -0.05) is 38.6 Å². The molecule has 3 aromatic rings. The van der Waals surface area contributed by atoms with Gasteiger partial charge < -0.3 is 10.3 Å². The van der Waals surface area contributed by atoms with E-state index >= 15 is 0 Å². The molecule has 2 N–H and O–H groups in total. The summed E-state index contributed by atoms with van der Waals surface area (Å²) in [7, 11) is 0. The van der Waals surface area contributed by atoms with Crippen LogP contribution in [0.2, 0.25) is 0 Å². The molecule has 0 bridgehead atoms. The molecule has 0 spiro atoms. The van der Waals surface area contributed by atoms with Gasteiger partial charge in [0, 0.05) is 34.4 Å². The molecular formula is C21H23N3. The Balaban J connectivity index is 2.21. The van der Waals surface area contributed by atoms with E-state index in [0.717, 1.165) is 32.7 Å². The predicted molar refractivity (Wildman–Crippen MR) is 104 cm³/mol. The number of aromatic nitrogens is 2. The van der Waals surface area contributed by atoms with Crippen molar-refractivity contribution in [2.45, 2.75) is 26.7 Å². The van der Waals surface area contributed by atoms with Crippen LogP contribution in [0.1, 0.15) is 32.3 Å². The van der Waals surface area contributed by atoms with Crippen molar-refractivity contribution in [2.75, 3.05) is 5.73 Å². The first kappa shape index (κ1) is 16.1. The first-order chi connectivity index (χ1) is 11.5. The molecule has 0 unspecified atom stereocenters. The minimum absolute atomic E-state index is 0.382. The number of nitrogens with two attached hydrogens (primary N) is 1. The maximum atomic E-state index is 6.46. The fraction of sp³-hybridized carbons (Fsp3) is 0.190. The van der Waals surface area contributed by atoms with E-state index in [0.29, 0.717) is 5.92 Å². The second kappa shape index (κ2) is 6.36. The van der Waals surface area contributed by atoms with Gasteiger partial charge in [-0.2, -0.15) is 0 Å². The lowest BCUT2D eigenvalue weighted by Gasteiger charge is -2.11. The highest BCUT2D eigenvalue weighted by Crippen LogP contribution is 2.20. The third-order valence-corrected chi connectivity index (χ3v) is 4.40. The van der Waals surface area contributed by atoms with Crippen molar-refractivity contribution in [3.8, 4) is 0 Å². The third kappa shape index (κ3) is 2.73. The monoisotopic (exact) mass is 317 g/mol. The van der Waals surface area contributed by atoms with Crippen LogP contribution in [0.5, 0.6) is 0 Å². The molecule has 122 valence electrons. The summed E-state index contributed by atoms with van der Waals surface area (Å²) >= 11 is 0. The number of fused-ring (bicyclic) bond motifs is 1. The minimum Gasteiger partial charge on any atom is -0.398 e. The van der Waals surface area contributed by atoms with E-state index in [2.05, 4.69) is 55.8 Å². The number of anilines is 1. The number of allylic oxidation sites excluding steroid dienone is 1. The fourth-order valence-corrected chi connectivity index (χ4v) is 3.05. The Hall–Kier alpha value is -2.81. The van der Waals surface area contributed by atoms with Gasteiger partial charge in [-0.05, 0) is 41.8 Å². The van der Waals surface area contributed by atoms with E-state index in [1.807, 2.05) is 30.0 Å². The average Bonchev–Trinajstić information content (AvgIpc) is 3.00. The van der Waals surface area contributed by atoms with Crippen LogP contribution in [0, 0.1) is 0 Å². The lowest BCUT2D eigenvalue weighted by Crippen LogP contribution is -2.29. The summed E-state index contributed by atoms with van der Waals surface area (Å²) < 4.78 is 2.04. The Morgan fingerprint density at radius 2 is 2.04 bits per heavy atom. The van der Waals surface area contributed by atoms with Crippen LogP contribution in [0.25, 0.3) is 28.8 Å². The minimum atomic E-state index is 0.382. The Morgan fingerprint density at radius 3 is 2.75 bits per heavy atom. The number of benzene rings is 1. The number of nitrogen functional groups attached to an aromatic ring is 1. The van der Waals surface area contributed by atoms with Crippen LogP contribution in [-0.2, 0) is 0 Å². The second-order valence-corrected chi connectivity index (χ2v) is 6.27. The van der Waals surface area contributed by atoms with E-state index in [1.54, 1.807) is 6.20 Å². The normalized spacial score (nSPS) is 13.2. The van der Waals surface area contributed by atoms with E-state index in [-0.39, 0.29) is 0 Å². The van der Waals surface area contributed by atoms with Gasteiger partial charge in [-0.25, -0.2) is 0 Å². The Kier molecular flexibility index (Phi) is 4.26. The van der Waals surface area contributed by atoms with Gasteiger partial charge >= 0.3 is 0 Å². The summed E-state index contributed by atoms with van der Waals surface area (Å²) in [6, 6.07) is 8.30. The zero-order valence-corrected chi connectivity index (χ0v) is 14.5. The summed E-state index contributed by atoms with van der Waals surface area (Å²) in [6.07, 6.45) is 9.81. The summed E-state index contributed by atoms with van der Waals surface area (Å²) in [6.45, 7) is 10.6. The standard InChI is InChI=1S/C21H23N3/c1-5-16-6-7-18(14(2)3)21(22)19(16)12-15(4)24-11-9-17-8-10-23-13-20(17)24/h5-14H,4,22H2,1-3H3/b16-5-,19-12+. The zero-order valence-electron chi connectivity index (χ0n) is 14.5. The van der Waals surface area contributed by atoms with E-state index in [9.17, 15) is 0 Å². The molecule has 0 saturated carbocycles. The van der Waals surface area contributed by atoms with Crippen LogP contribution in [0.4, 0.5) is 5.69 Å². The molecule has 0 atom stereocenters. The number of hydrogen-bond donors (Lipinski definition) is 1. The lowest BCUT2D eigenvalue weighted by atomic mass is 9.98. The maximum Gasteiger partial charge on any atom is 0.0712 e. The van der Waals surface area contributed by atoms with Gasteiger partial charge in [0.05, 0.1) is 11.7 Å². The molecule has 0 amide bonds. The van der Waals surface area contributed by atoms with E-state index < -0.39 is 0 Å². The molecule has 3 heteroatoms. The van der Waals surface area contributed by atoms with Crippen molar-refractivity contribution in [1.82, 2.24) is 9.55 Å². The fourth-order valence-electron chi connectivity index (χ4n) is 3.05. The van der Waals surface area contributed by atoms with Crippen molar-refractivity contribution in [3.63, 3.8) is 0 Å². The van der Waals surface area contributed by atoms with Gasteiger partial charge in [0.15, 0.2) is 0 Å². The molecule has 0 saturated heterocycles. The maximum absolute atomic E-state index is 6.46. The molecule has 0 aliphatic carbocycles. The Morgan fingerprint density at radius 1 is 1.25 bits per heavy atom. The highest BCUT2D eigenvalue weighted by molar-refractivity contribution is 5.88. The van der Waals surface area contributed by atoms with Crippen molar-refractivity contribution >= 4 is 34.4 Å². The molecule has 3 nitrogen and oxygen atoms in total. The van der Waals surface area contributed by atoms with Gasteiger partial charge in [-0.3, -0.25) is 4.98 Å². The highest BCUT2D eigenvalue weighted by Gasteiger charge is 2.07. The Labute approximate surface area is 142 Å². The van der Waals surface area contributed by atoms with Crippen LogP contribution in [0.15, 0.2) is 49.4 Å². The summed E-state index contributed by atoms with van der Waals surface area (Å²) in [4.78, 5) is 4.22. The largest absolute Gasteiger partial charge is 0.398 e. The molecule has 1 aromatic carbocycles. The average molecular weight is 317 g/mol. The SMILES string of the molecule is C=C(/C=c1/c(N)c(C(C)C)cc/c1=C/C)n1ccc2ccncc21. The van der Waals surface area contributed by atoms with Gasteiger partial charge in [0.1, 0.15) is 0 Å². The van der Waals surface area contributed by atoms with Crippen molar-refractivity contribution in [3.05, 3.63) is 65.4 Å².